The summed E-state index contributed by atoms with van der Waals surface area (Å²) in [6.45, 7) is 1.05. The van der Waals surface area contributed by atoms with Gasteiger partial charge in [0.1, 0.15) is 12.7 Å². The predicted molar refractivity (Wildman–Crippen MR) is 120 cm³/mol. The zero-order valence-corrected chi connectivity index (χ0v) is 18.2. The van der Waals surface area contributed by atoms with E-state index in [0.29, 0.717) is 35.8 Å². The van der Waals surface area contributed by atoms with Crippen LogP contribution in [-0.4, -0.2) is 71.3 Å². The van der Waals surface area contributed by atoms with Crippen LogP contribution in [0.3, 0.4) is 0 Å². The summed E-state index contributed by atoms with van der Waals surface area (Å²) in [6, 6.07) is 11.7. The molecule has 0 N–H and O–H groups in total. The zero-order chi connectivity index (χ0) is 22.1. The fourth-order valence-electron chi connectivity index (χ4n) is 3.69. The summed E-state index contributed by atoms with van der Waals surface area (Å²) >= 11 is 0. The highest BCUT2D eigenvalue weighted by molar-refractivity contribution is 7.88. The number of sulfonamides is 1. The molecule has 32 heavy (non-hydrogen) atoms. The summed E-state index contributed by atoms with van der Waals surface area (Å²) < 4.78 is 36.8. The van der Waals surface area contributed by atoms with E-state index in [1.54, 1.807) is 18.6 Å². The van der Waals surface area contributed by atoms with Crippen LogP contribution in [0.4, 0.5) is 0 Å². The standard InChI is InChI=1S/C22H21N5O4S/c1-32(28,29)27-9-10-30-17(13-27)14-31-22-21-20(24-7-8-25-21)12-19(26-22)16-4-5-18-15(11-16)3-2-6-23-18/h2-8,11-12,17H,9-10,13-14H2,1H3/t17-/m0/s1. The number of hydrogen-bond acceptors (Lipinski definition) is 8. The minimum atomic E-state index is -3.28. The van der Waals surface area contributed by atoms with Crippen LogP contribution in [0.1, 0.15) is 0 Å². The van der Waals surface area contributed by atoms with Crippen molar-refractivity contribution >= 4 is 32.0 Å². The van der Waals surface area contributed by atoms with Gasteiger partial charge in [0, 0.05) is 42.6 Å². The molecule has 1 saturated heterocycles. The Kier molecular flexibility index (Phi) is 5.41. The number of aromatic nitrogens is 4. The van der Waals surface area contributed by atoms with Gasteiger partial charge in [-0.1, -0.05) is 12.1 Å². The van der Waals surface area contributed by atoms with Crippen molar-refractivity contribution < 1.29 is 17.9 Å². The molecule has 1 atom stereocenters. The first-order valence-corrected chi connectivity index (χ1v) is 12.0. The smallest absolute Gasteiger partial charge is 0.242 e. The summed E-state index contributed by atoms with van der Waals surface area (Å²) in [6.07, 6.45) is 5.76. The molecule has 10 heteroatoms. The second-order valence-electron chi connectivity index (χ2n) is 7.57. The van der Waals surface area contributed by atoms with Gasteiger partial charge in [0.15, 0.2) is 5.52 Å². The zero-order valence-electron chi connectivity index (χ0n) is 17.4. The van der Waals surface area contributed by atoms with Crippen molar-refractivity contribution in [3.8, 4) is 17.1 Å². The molecular weight excluding hydrogens is 430 g/mol. The average Bonchev–Trinajstić information content (AvgIpc) is 2.81. The lowest BCUT2D eigenvalue weighted by atomic mass is 10.1. The predicted octanol–water partition coefficient (Wildman–Crippen LogP) is 2.28. The van der Waals surface area contributed by atoms with Crippen LogP contribution in [0.25, 0.3) is 33.2 Å². The van der Waals surface area contributed by atoms with Crippen LogP contribution in [0.15, 0.2) is 55.0 Å². The van der Waals surface area contributed by atoms with E-state index in [1.807, 2.05) is 36.4 Å². The van der Waals surface area contributed by atoms with Gasteiger partial charge in [-0.15, -0.1) is 0 Å². The van der Waals surface area contributed by atoms with Gasteiger partial charge < -0.3 is 9.47 Å². The third-order valence-electron chi connectivity index (χ3n) is 5.30. The maximum absolute atomic E-state index is 11.9. The minimum Gasteiger partial charge on any atom is -0.473 e. The fraction of sp³-hybridized carbons (Fsp3) is 0.273. The molecule has 1 aliphatic heterocycles. The number of fused-ring (bicyclic) bond motifs is 2. The van der Waals surface area contributed by atoms with Crippen LogP contribution >= 0.6 is 0 Å². The van der Waals surface area contributed by atoms with Gasteiger partial charge in [0.25, 0.3) is 0 Å². The molecule has 0 aliphatic carbocycles. The van der Waals surface area contributed by atoms with E-state index in [1.165, 1.54) is 10.6 Å². The second kappa shape index (κ2) is 8.38. The van der Waals surface area contributed by atoms with Gasteiger partial charge in [0.05, 0.1) is 29.6 Å². The lowest BCUT2D eigenvalue weighted by Gasteiger charge is -2.30. The van der Waals surface area contributed by atoms with Gasteiger partial charge in [-0.2, -0.15) is 4.31 Å². The molecule has 1 aliphatic rings. The van der Waals surface area contributed by atoms with Crippen molar-refractivity contribution in [1.29, 1.82) is 0 Å². The Balaban J connectivity index is 1.46. The summed E-state index contributed by atoms with van der Waals surface area (Å²) in [5.41, 5.74) is 3.69. The summed E-state index contributed by atoms with van der Waals surface area (Å²) in [4.78, 5) is 17.9. The molecule has 164 valence electrons. The fourth-order valence-corrected chi connectivity index (χ4v) is 4.54. The number of ether oxygens (including phenoxy) is 2. The number of pyridine rings is 2. The first kappa shape index (κ1) is 20.7. The first-order chi connectivity index (χ1) is 15.5. The van der Waals surface area contributed by atoms with Gasteiger partial charge >= 0.3 is 0 Å². The third kappa shape index (κ3) is 4.24. The molecule has 3 aromatic heterocycles. The van der Waals surface area contributed by atoms with E-state index in [4.69, 9.17) is 14.5 Å². The Bertz CT molecular complexity index is 1400. The van der Waals surface area contributed by atoms with Gasteiger partial charge in [-0.3, -0.25) is 9.97 Å². The highest BCUT2D eigenvalue weighted by atomic mass is 32.2. The number of morpholine rings is 1. The summed E-state index contributed by atoms with van der Waals surface area (Å²) in [7, 11) is -3.28. The van der Waals surface area contributed by atoms with E-state index >= 15 is 0 Å². The maximum atomic E-state index is 11.9. The van der Waals surface area contributed by atoms with Gasteiger partial charge in [-0.05, 0) is 24.3 Å². The Hall–Kier alpha value is -3.21. The lowest BCUT2D eigenvalue weighted by Crippen LogP contribution is -2.47. The molecule has 0 unspecified atom stereocenters. The average molecular weight is 452 g/mol. The second-order valence-corrected chi connectivity index (χ2v) is 9.55. The van der Waals surface area contributed by atoms with Crippen molar-refractivity contribution in [3.63, 3.8) is 0 Å². The van der Waals surface area contributed by atoms with E-state index in [2.05, 4.69) is 15.0 Å². The SMILES string of the molecule is CS(=O)(=O)N1CCO[C@H](COc2nc(-c3ccc4ncccc4c3)cc3nccnc23)C1. The minimum absolute atomic E-state index is 0.149. The maximum Gasteiger partial charge on any atom is 0.242 e. The van der Waals surface area contributed by atoms with Crippen LogP contribution in [0.2, 0.25) is 0 Å². The van der Waals surface area contributed by atoms with Crippen LogP contribution in [0.5, 0.6) is 5.88 Å². The molecule has 0 saturated carbocycles. The normalized spacial score (nSPS) is 17.6. The third-order valence-corrected chi connectivity index (χ3v) is 6.57. The van der Waals surface area contributed by atoms with Crippen molar-refractivity contribution in [3.05, 3.63) is 55.0 Å². The highest BCUT2D eigenvalue weighted by Crippen LogP contribution is 2.28. The number of rotatable bonds is 5. The van der Waals surface area contributed by atoms with Crippen molar-refractivity contribution in [2.24, 2.45) is 0 Å². The molecule has 0 radical (unpaired) electrons. The van der Waals surface area contributed by atoms with E-state index in [-0.39, 0.29) is 13.2 Å². The van der Waals surface area contributed by atoms with Crippen LogP contribution in [0, 0.1) is 0 Å². The highest BCUT2D eigenvalue weighted by Gasteiger charge is 2.27. The van der Waals surface area contributed by atoms with E-state index in [9.17, 15) is 8.42 Å². The largest absolute Gasteiger partial charge is 0.473 e. The summed E-state index contributed by atoms with van der Waals surface area (Å²) in [5, 5.41) is 1.00. The summed E-state index contributed by atoms with van der Waals surface area (Å²) in [5.74, 6) is 0.331. The molecular formula is C22H21N5O4S. The molecule has 0 spiro atoms. The number of hydrogen-bond donors (Lipinski definition) is 0. The molecule has 0 bridgehead atoms. The lowest BCUT2D eigenvalue weighted by molar-refractivity contribution is -0.0252. The monoisotopic (exact) mass is 451 g/mol. The molecule has 1 aromatic carbocycles. The Morgan fingerprint density at radius 2 is 1.94 bits per heavy atom. The molecule has 0 amide bonds. The first-order valence-electron chi connectivity index (χ1n) is 10.1. The van der Waals surface area contributed by atoms with Crippen molar-refractivity contribution in [2.75, 3.05) is 32.6 Å². The molecule has 4 heterocycles. The van der Waals surface area contributed by atoms with Gasteiger partial charge in [-0.25, -0.2) is 18.4 Å². The molecule has 4 aromatic rings. The quantitative estimate of drug-likeness (QED) is 0.455. The molecule has 5 rings (SSSR count). The molecule has 9 nitrogen and oxygen atoms in total. The topological polar surface area (TPSA) is 107 Å². The van der Waals surface area contributed by atoms with Crippen LogP contribution < -0.4 is 4.74 Å². The van der Waals surface area contributed by atoms with E-state index in [0.717, 1.165) is 16.5 Å². The number of nitrogens with zero attached hydrogens (tertiary/aromatic N) is 5. The Morgan fingerprint density at radius 1 is 1.09 bits per heavy atom. The number of benzene rings is 1. The van der Waals surface area contributed by atoms with Gasteiger partial charge in [0.2, 0.25) is 15.9 Å². The Morgan fingerprint density at radius 3 is 2.81 bits per heavy atom. The Labute approximate surface area is 185 Å². The van der Waals surface area contributed by atoms with Crippen LogP contribution in [-0.2, 0) is 14.8 Å². The molecule has 1 fully saturated rings. The van der Waals surface area contributed by atoms with E-state index < -0.39 is 16.1 Å². The van der Waals surface area contributed by atoms with Crippen molar-refractivity contribution in [2.45, 2.75) is 6.10 Å². The van der Waals surface area contributed by atoms with Crippen molar-refractivity contribution in [1.82, 2.24) is 24.2 Å².